The summed E-state index contributed by atoms with van der Waals surface area (Å²) in [6, 6.07) is -0.756. The molecular formula is C13H22F3NO3. The summed E-state index contributed by atoms with van der Waals surface area (Å²) in [5.41, 5.74) is 5.40. The summed E-state index contributed by atoms with van der Waals surface area (Å²) in [5, 5.41) is 0. The van der Waals surface area contributed by atoms with Crippen LogP contribution in [0.25, 0.3) is 0 Å². The van der Waals surface area contributed by atoms with Crippen LogP contribution in [0.5, 0.6) is 0 Å². The third kappa shape index (κ3) is 8.16. The molecule has 2 N–H and O–H groups in total. The molecule has 1 unspecified atom stereocenters. The molecule has 0 amide bonds. The number of esters is 1. The summed E-state index contributed by atoms with van der Waals surface area (Å²) in [7, 11) is 0. The first kappa shape index (κ1) is 18.9. The van der Waals surface area contributed by atoms with Crippen molar-refractivity contribution in [1.82, 2.24) is 0 Å². The fraction of sp³-hybridized carbons (Fsp3) is 0.769. The molecule has 0 heterocycles. The quantitative estimate of drug-likeness (QED) is 0.579. The number of rotatable bonds is 7. The molecule has 0 aliphatic carbocycles. The monoisotopic (exact) mass is 297 g/mol. The molecule has 0 aliphatic heterocycles. The standard InChI is InChI=1S/C13H22F3NO3/c1-8(2)11(20-12(18)9(3)17)10(4)19-7-5-6-13(14,15)16/h5-6,8-11H,7,17H2,1-4H3/b6-5+/t9-,10-,11?/m0/s1. The molecule has 0 spiro atoms. The molecule has 0 saturated heterocycles. The number of halogens is 3. The van der Waals surface area contributed by atoms with Crippen LogP contribution in [0.2, 0.25) is 0 Å². The third-order valence-corrected chi connectivity index (χ3v) is 2.51. The molecule has 7 heteroatoms. The van der Waals surface area contributed by atoms with E-state index in [0.717, 1.165) is 6.08 Å². The summed E-state index contributed by atoms with van der Waals surface area (Å²) >= 11 is 0. The maximum absolute atomic E-state index is 11.9. The van der Waals surface area contributed by atoms with Gasteiger partial charge in [0.1, 0.15) is 12.1 Å². The Hall–Kier alpha value is -1.08. The smallest absolute Gasteiger partial charge is 0.409 e. The van der Waals surface area contributed by atoms with Gasteiger partial charge in [-0.05, 0) is 19.8 Å². The maximum Gasteiger partial charge on any atom is 0.409 e. The molecule has 20 heavy (non-hydrogen) atoms. The topological polar surface area (TPSA) is 61.5 Å². The Labute approximate surface area is 117 Å². The number of carbonyl (C=O) groups excluding carboxylic acids is 1. The van der Waals surface area contributed by atoms with Gasteiger partial charge < -0.3 is 15.2 Å². The van der Waals surface area contributed by atoms with Crippen molar-refractivity contribution in [3.8, 4) is 0 Å². The minimum atomic E-state index is -4.36. The van der Waals surface area contributed by atoms with E-state index in [2.05, 4.69) is 0 Å². The van der Waals surface area contributed by atoms with E-state index >= 15 is 0 Å². The van der Waals surface area contributed by atoms with Gasteiger partial charge in [-0.2, -0.15) is 13.2 Å². The zero-order valence-electron chi connectivity index (χ0n) is 12.1. The van der Waals surface area contributed by atoms with Gasteiger partial charge in [0.05, 0.1) is 12.7 Å². The molecule has 118 valence electrons. The van der Waals surface area contributed by atoms with Gasteiger partial charge >= 0.3 is 12.1 Å². The van der Waals surface area contributed by atoms with Gasteiger partial charge in [0.25, 0.3) is 0 Å². The van der Waals surface area contributed by atoms with Crippen molar-refractivity contribution in [2.45, 2.75) is 52.1 Å². The molecule has 0 bridgehead atoms. The predicted octanol–water partition coefficient (Wildman–Crippen LogP) is 2.43. The number of carbonyl (C=O) groups is 1. The Balaban J connectivity index is 4.41. The van der Waals surface area contributed by atoms with Crippen molar-refractivity contribution in [3.63, 3.8) is 0 Å². The van der Waals surface area contributed by atoms with Gasteiger partial charge in [0.15, 0.2) is 0 Å². The normalized spacial score (nSPS) is 17.2. The van der Waals surface area contributed by atoms with Crippen molar-refractivity contribution >= 4 is 5.97 Å². The number of hydrogen-bond acceptors (Lipinski definition) is 4. The lowest BCUT2D eigenvalue weighted by molar-refractivity contribution is -0.161. The fourth-order valence-corrected chi connectivity index (χ4v) is 1.50. The lowest BCUT2D eigenvalue weighted by atomic mass is 10.0. The minimum absolute atomic E-state index is 0.0423. The molecule has 0 saturated carbocycles. The van der Waals surface area contributed by atoms with E-state index < -0.39 is 30.4 Å². The summed E-state index contributed by atoms with van der Waals surface area (Å²) in [6.07, 6.45) is -4.46. The molecule has 0 aromatic heterocycles. The highest BCUT2D eigenvalue weighted by molar-refractivity contribution is 5.75. The predicted molar refractivity (Wildman–Crippen MR) is 69.0 cm³/mol. The van der Waals surface area contributed by atoms with E-state index in [0.29, 0.717) is 0 Å². The van der Waals surface area contributed by atoms with Crippen LogP contribution in [0.15, 0.2) is 12.2 Å². The van der Waals surface area contributed by atoms with E-state index in [4.69, 9.17) is 15.2 Å². The SMILES string of the molecule is CC(C)C(OC(=O)[C@H](C)N)[C@H](C)OC/C=C/C(F)(F)F. The van der Waals surface area contributed by atoms with Gasteiger partial charge in [0.2, 0.25) is 0 Å². The largest absolute Gasteiger partial charge is 0.458 e. The van der Waals surface area contributed by atoms with Crippen LogP contribution in [0, 0.1) is 5.92 Å². The third-order valence-electron chi connectivity index (χ3n) is 2.51. The van der Waals surface area contributed by atoms with E-state index in [1.807, 2.05) is 13.8 Å². The lowest BCUT2D eigenvalue weighted by Gasteiger charge is -2.27. The van der Waals surface area contributed by atoms with E-state index in [1.165, 1.54) is 6.92 Å². The molecule has 0 aliphatic rings. The molecule has 0 rings (SSSR count). The number of hydrogen-bond donors (Lipinski definition) is 1. The first-order chi connectivity index (χ1) is 9.04. The second-order valence-electron chi connectivity index (χ2n) is 4.92. The van der Waals surface area contributed by atoms with Gasteiger partial charge in [-0.25, -0.2) is 0 Å². The maximum atomic E-state index is 11.9. The zero-order valence-corrected chi connectivity index (χ0v) is 12.1. The van der Waals surface area contributed by atoms with Crippen LogP contribution in [-0.2, 0) is 14.3 Å². The van der Waals surface area contributed by atoms with E-state index in [9.17, 15) is 18.0 Å². The second kappa shape index (κ2) is 8.26. The first-order valence-corrected chi connectivity index (χ1v) is 6.36. The number of ether oxygens (including phenoxy) is 2. The Bertz CT molecular complexity index is 327. The van der Waals surface area contributed by atoms with Gasteiger partial charge in [0, 0.05) is 6.08 Å². The van der Waals surface area contributed by atoms with Crippen LogP contribution in [0.3, 0.4) is 0 Å². The van der Waals surface area contributed by atoms with Crippen LogP contribution in [0.4, 0.5) is 13.2 Å². The van der Waals surface area contributed by atoms with Gasteiger partial charge in [-0.15, -0.1) is 0 Å². The minimum Gasteiger partial charge on any atom is -0.458 e. The summed E-state index contributed by atoms with van der Waals surface area (Å²) in [4.78, 5) is 11.5. The molecule has 0 aromatic carbocycles. The molecule has 0 radical (unpaired) electrons. The Kier molecular flexibility index (Phi) is 7.82. The van der Waals surface area contributed by atoms with Gasteiger partial charge in [-0.3, -0.25) is 4.79 Å². The summed E-state index contributed by atoms with van der Waals surface area (Å²) in [5.74, 6) is -0.607. The van der Waals surface area contributed by atoms with Crippen molar-refractivity contribution < 1.29 is 27.4 Å². The van der Waals surface area contributed by atoms with Crippen molar-refractivity contribution in [2.24, 2.45) is 11.7 Å². The lowest BCUT2D eigenvalue weighted by Crippen LogP contribution is -2.40. The second-order valence-corrected chi connectivity index (χ2v) is 4.92. The Morgan fingerprint density at radius 1 is 1.25 bits per heavy atom. The Morgan fingerprint density at radius 3 is 2.20 bits per heavy atom. The molecular weight excluding hydrogens is 275 g/mol. The van der Waals surface area contributed by atoms with Crippen molar-refractivity contribution in [2.75, 3.05) is 6.61 Å². The Morgan fingerprint density at radius 2 is 1.80 bits per heavy atom. The van der Waals surface area contributed by atoms with E-state index in [-0.39, 0.29) is 18.6 Å². The zero-order chi connectivity index (χ0) is 15.9. The average Bonchev–Trinajstić information content (AvgIpc) is 2.29. The molecule has 3 atom stereocenters. The van der Waals surface area contributed by atoms with Crippen molar-refractivity contribution in [1.29, 1.82) is 0 Å². The fourth-order valence-electron chi connectivity index (χ4n) is 1.50. The molecule has 0 fully saturated rings. The number of allylic oxidation sites excluding steroid dienone is 1. The van der Waals surface area contributed by atoms with Crippen LogP contribution < -0.4 is 5.73 Å². The highest BCUT2D eigenvalue weighted by Gasteiger charge is 2.27. The number of nitrogens with two attached hydrogens (primary N) is 1. The van der Waals surface area contributed by atoms with Crippen LogP contribution in [0.1, 0.15) is 27.7 Å². The summed E-state index contributed by atoms with van der Waals surface area (Å²) < 4.78 is 46.1. The van der Waals surface area contributed by atoms with Gasteiger partial charge in [-0.1, -0.05) is 19.9 Å². The molecule has 0 aromatic rings. The highest BCUT2D eigenvalue weighted by atomic mass is 19.4. The highest BCUT2D eigenvalue weighted by Crippen LogP contribution is 2.17. The number of alkyl halides is 3. The average molecular weight is 297 g/mol. The van der Waals surface area contributed by atoms with Crippen molar-refractivity contribution in [3.05, 3.63) is 12.2 Å². The van der Waals surface area contributed by atoms with E-state index in [1.54, 1.807) is 6.92 Å². The molecule has 4 nitrogen and oxygen atoms in total. The summed E-state index contributed by atoms with van der Waals surface area (Å²) in [6.45, 7) is 6.58. The van der Waals surface area contributed by atoms with Crippen LogP contribution in [-0.4, -0.2) is 37.0 Å². The van der Waals surface area contributed by atoms with Crippen LogP contribution >= 0.6 is 0 Å². The first-order valence-electron chi connectivity index (χ1n) is 6.36.